The van der Waals surface area contributed by atoms with Gasteiger partial charge in [-0.2, -0.15) is 0 Å². The van der Waals surface area contributed by atoms with Crippen molar-refractivity contribution in [2.75, 3.05) is 31.6 Å². The fourth-order valence-electron chi connectivity index (χ4n) is 2.64. The van der Waals surface area contributed by atoms with Gasteiger partial charge >= 0.3 is 0 Å². The number of ether oxygens (including phenoxy) is 1. The maximum Gasteiger partial charge on any atom is 0.245 e. The normalized spacial score (nSPS) is 10.7. The molecule has 0 aliphatic heterocycles. The van der Waals surface area contributed by atoms with Crippen molar-refractivity contribution in [2.24, 2.45) is 0 Å². The van der Waals surface area contributed by atoms with Gasteiger partial charge in [0, 0.05) is 32.2 Å². The summed E-state index contributed by atoms with van der Waals surface area (Å²) in [6, 6.07) is 1.56. The predicted molar refractivity (Wildman–Crippen MR) is 101 cm³/mol. The first-order valence-corrected chi connectivity index (χ1v) is 9.73. The molecule has 0 saturated carbocycles. The first-order chi connectivity index (χ1) is 12.7. The van der Waals surface area contributed by atoms with Crippen molar-refractivity contribution < 1.29 is 18.8 Å². The minimum Gasteiger partial charge on any atom is -0.382 e. The van der Waals surface area contributed by atoms with Crippen LogP contribution in [0.25, 0.3) is 0 Å². The fourth-order valence-corrected chi connectivity index (χ4v) is 2.64. The zero-order valence-electron chi connectivity index (χ0n) is 16.2. The summed E-state index contributed by atoms with van der Waals surface area (Å²) in [5.41, 5.74) is 0. The number of carbonyl (C=O) groups is 2. The van der Waals surface area contributed by atoms with E-state index in [9.17, 15) is 9.59 Å². The van der Waals surface area contributed by atoms with E-state index < -0.39 is 0 Å². The predicted octanol–water partition coefficient (Wildman–Crippen LogP) is 3.62. The molecule has 0 aromatic carbocycles. The van der Waals surface area contributed by atoms with Gasteiger partial charge in [-0.3, -0.25) is 9.59 Å². The number of carbonyl (C=O) groups excluding carboxylic acids is 2. The molecule has 7 nitrogen and oxygen atoms in total. The Labute approximate surface area is 156 Å². The molecule has 148 valence electrons. The number of hydrogen-bond acceptors (Lipinski definition) is 5. The Hall–Kier alpha value is -1.89. The summed E-state index contributed by atoms with van der Waals surface area (Å²) < 4.78 is 10.0. The molecule has 0 bridgehead atoms. The van der Waals surface area contributed by atoms with E-state index >= 15 is 0 Å². The van der Waals surface area contributed by atoms with E-state index in [0.29, 0.717) is 38.4 Å². The van der Waals surface area contributed by atoms with Crippen molar-refractivity contribution in [3.05, 3.63) is 12.3 Å². The molecular formula is C19H33N3O4. The summed E-state index contributed by atoms with van der Waals surface area (Å²) >= 11 is 0. The van der Waals surface area contributed by atoms with E-state index in [2.05, 4.69) is 17.4 Å². The SMILES string of the molecule is CCCCCCCCC(=O)N(CCCOCC)CC(=O)Nc1ccon1. The zero-order valence-corrected chi connectivity index (χ0v) is 16.2. The number of rotatable bonds is 15. The minimum atomic E-state index is -0.272. The van der Waals surface area contributed by atoms with Gasteiger partial charge in [-0.25, -0.2) is 0 Å². The number of unbranched alkanes of at least 4 members (excludes halogenated alkanes) is 5. The Morgan fingerprint density at radius 1 is 1.15 bits per heavy atom. The molecule has 0 fully saturated rings. The Morgan fingerprint density at radius 2 is 1.92 bits per heavy atom. The van der Waals surface area contributed by atoms with Gasteiger partial charge in [-0.05, 0) is 19.8 Å². The van der Waals surface area contributed by atoms with Crippen LogP contribution in [0.2, 0.25) is 0 Å². The van der Waals surface area contributed by atoms with Crippen LogP contribution in [-0.2, 0) is 14.3 Å². The minimum absolute atomic E-state index is 0.0206. The van der Waals surface area contributed by atoms with Crippen molar-refractivity contribution in [1.82, 2.24) is 10.1 Å². The molecule has 26 heavy (non-hydrogen) atoms. The molecule has 0 unspecified atom stereocenters. The summed E-state index contributed by atoms with van der Waals surface area (Å²) in [5, 5.41) is 6.28. The lowest BCUT2D eigenvalue weighted by Crippen LogP contribution is -2.39. The van der Waals surface area contributed by atoms with Gasteiger partial charge in [-0.15, -0.1) is 0 Å². The highest BCUT2D eigenvalue weighted by molar-refractivity contribution is 5.93. The van der Waals surface area contributed by atoms with Gasteiger partial charge in [0.05, 0.1) is 6.54 Å². The summed E-state index contributed by atoms with van der Waals surface area (Å²) in [6.07, 6.45) is 9.37. The van der Waals surface area contributed by atoms with Crippen LogP contribution in [0.15, 0.2) is 16.9 Å². The topological polar surface area (TPSA) is 84.7 Å². The summed E-state index contributed by atoms with van der Waals surface area (Å²) in [7, 11) is 0. The Bertz CT molecular complexity index is 491. The standard InChI is InChI=1S/C19H33N3O4/c1-3-5-6-7-8-9-11-19(24)22(13-10-14-25-4-2)16-18(23)20-17-12-15-26-21-17/h12,15H,3-11,13-14,16H2,1-2H3,(H,20,21,23). The molecular weight excluding hydrogens is 334 g/mol. The van der Waals surface area contributed by atoms with Crippen LogP contribution in [0.5, 0.6) is 0 Å². The third-order valence-electron chi connectivity index (χ3n) is 4.06. The average molecular weight is 367 g/mol. The van der Waals surface area contributed by atoms with E-state index in [1.54, 1.807) is 11.0 Å². The van der Waals surface area contributed by atoms with Crippen LogP contribution in [-0.4, -0.2) is 48.2 Å². The molecule has 1 heterocycles. The third kappa shape index (κ3) is 10.2. The van der Waals surface area contributed by atoms with Gasteiger partial charge in [0.1, 0.15) is 6.26 Å². The van der Waals surface area contributed by atoms with Gasteiger partial charge in [0.25, 0.3) is 0 Å². The molecule has 7 heteroatoms. The lowest BCUT2D eigenvalue weighted by molar-refractivity contribution is -0.135. The van der Waals surface area contributed by atoms with Crippen LogP contribution in [0, 0.1) is 0 Å². The quantitative estimate of drug-likeness (QED) is 0.479. The smallest absolute Gasteiger partial charge is 0.245 e. The molecule has 0 spiro atoms. The largest absolute Gasteiger partial charge is 0.382 e. The number of amides is 2. The molecule has 0 radical (unpaired) electrons. The van der Waals surface area contributed by atoms with Gasteiger partial charge in [0.2, 0.25) is 11.8 Å². The second-order valence-corrected chi connectivity index (χ2v) is 6.32. The van der Waals surface area contributed by atoms with Crippen molar-refractivity contribution in [2.45, 2.75) is 65.2 Å². The number of anilines is 1. The Kier molecular flexibility index (Phi) is 12.2. The lowest BCUT2D eigenvalue weighted by atomic mass is 10.1. The van der Waals surface area contributed by atoms with E-state index in [1.807, 2.05) is 6.92 Å². The molecule has 0 aliphatic carbocycles. The van der Waals surface area contributed by atoms with Gasteiger partial charge < -0.3 is 19.5 Å². The van der Waals surface area contributed by atoms with Crippen molar-refractivity contribution in [1.29, 1.82) is 0 Å². The number of aromatic nitrogens is 1. The van der Waals surface area contributed by atoms with Gasteiger partial charge in [0.15, 0.2) is 5.82 Å². The maximum atomic E-state index is 12.5. The highest BCUT2D eigenvalue weighted by Gasteiger charge is 2.17. The van der Waals surface area contributed by atoms with Crippen LogP contribution in [0.3, 0.4) is 0 Å². The average Bonchev–Trinajstić information content (AvgIpc) is 3.13. The Balaban J connectivity index is 2.40. The molecule has 0 aliphatic rings. The van der Waals surface area contributed by atoms with Crippen molar-refractivity contribution in [3.63, 3.8) is 0 Å². The molecule has 1 rings (SSSR count). The molecule has 0 saturated heterocycles. The molecule has 1 aromatic heterocycles. The van der Waals surface area contributed by atoms with E-state index in [4.69, 9.17) is 9.26 Å². The highest BCUT2D eigenvalue weighted by atomic mass is 16.5. The zero-order chi connectivity index (χ0) is 19.0. The summed E-state index contributed by atoms with van der Waals surface area (Å²) in [5.74, 6) is 0.103. The fraction of sp³-hybridized carbons (Fsp3) is 0.737. The second-order valence-electron chi connectivity index (χ2n) is 6.32. The number of nitrogens with one attached hydrogen (secondary N) is 1. The van der Waals surface area contributed by atoms with Crippen molar-refractivity contribution in [3.8, 4) is 0 Å². The Morgan fingerprint density at radius 3 is 2.62 bits per heavy atom. The van der Waals surface area contributed by atoms with Gasteiger partial charge in [-0.1, -0.05) is 44.2 Å². The third-order valence-corrected chi connectivity index (χ3v) is 4.06. The van der Waals surface area contributed by atoms with E-state index in [0.717, 1.165) is 19.3 Å². The van der Waals surface area contributed by atoms with E-state index in [1.165, 1.54) is 25.5 Å². The molecule has 1 N–H and O–H groups in total. The monoisotopic (exact) mass is 367 g/mol. The lowest BCUT2D eigenvalue weighted by Gasteiger charge is -2.22. The first kappa shape index (κ1) is 22.2. The second kappa shape index (κ2) is 14.3. The molecule has 0 atom stereocenters. The van der Waals surface area contributed by atoms with Crippen LogP contribution in [0.1, 0.15) is 65.2 Å². The molecule has 1 aromatic rings. The number of hydrogen-bond donors (Lipinski definition) is 1. The van der Waals surface area contributed by atoms with E-state index in [-0.39, 0.29) is 18.4 Å². The first-order valence-electron chi connectivity index (χ1n) is 9.73. The molecule has 2 amide bonds. The van der Waals surface area contributed by atoms with Crippen LogP contribution in [0.4, 0.5) is 5.82 Å². The number of nitrogens with zero attached hydrogens (tertiary/aromatic N) is 2. The summed E-state index contributed by atoms with van der Waals surface area (Å²) in [4.78, 5) is 26.3. The van der Waals surface area contributed by atoms with Crippen molar-refractivity contribution >= 4 is 17.6 Å². The summed E-state index contributed by atoms with van der Waals surface area (Å²) in [6.45, 7) is 5.90. The van der Waals surface area contributed by atoms with Crippen LogP contribution >= 0.6 is 0 Å². The van der Waals surface area contributed by atoms with Crippen LogP contribution < -0.4 is 5.32 Å². The highest BCUT2D eigenvalue weighted by Crippen LogP contribution is 2.09. The maximum absolute atomic E-state index is 12.5.